The maximum atomic E-state index is 12.4. The molecular weight excluding hydrogens is 391 g/mol. The maximum Gasteiger partial charge on any atom is 0.573 e. The third-order valence-corrected chi connectivity index (χ3v) is 4.76. The summed E-state index contributed by atoms with van der Waals surface area (Å²) in [4.78, 5) is 0.0301. The second-order valence-electron chi connectivity index (χ2n) is 4.76. The van der Waals surface area contributed by atoms with Crippen molar-refractivity contribution >= 4 is 44.0 Å². The standard InChI is InChI=1S/C12H14F3N3O3S2.ClH/c1-2-7-5-8(21-12(13,14)15)6-9-10(7)18(11(16)22-9)3-4-23(17,19)20;/h5-6,16H,2-4H2,1H3,(H2,17,19,20);1H. The first-order valence-corrected chi connectivity index (χ1v) is 9.00. The molecule has 24 heavy (non-hydrogen) atoms. The molecule has 0 saturated heterocycles. The topological polar surface area (TPSA) is 98.2 Å². The summed E-state index contributed by atoms with van der Waals surface area (Å²) in [6, 6.07) is 2.44. The van der Waals surface area contributed by atoms with Gasteiger partial charge in [0.15, 0.2) is 4.80 Å². The summed E-state index contributed by atoms with van der Waals surface area (Å²) in [5.74, 6) is -0.721. The Kier molecular flexibility index (Phi) is 6.31. The van der Waals surface area contributed by atoms with Crippen molar-refractivity contribution in [3.05, 3.63) is 22.5 Å². The fourth-order valence-electron chi connectivity index (χ4n) is 2.18. The first-order valence-electron chi connectivity index (χ1n) is 6.47. The van der Waals surface area contributed by atoms with Crippen LogP contribution in [0.1, 0.15) is 12.5 Å². The number of alkyl halides is 3. The van der Waals surface area contributed by atoms with Crippen molar-refractivity contribution in [3.63, 3.8) is 0 Å². The van der Waals surface area contributed by atoms with Crippen LogP contribution in [0.3, 0.4) is 0 Å². The van der Waals surface area contributed by atoms with E-state index >= 15 is 0 Å². The van der Waals surface area contributed by atoms with Crippen LogP contribution in [0.15, 0.2) is 12.1 Å². The highest BCUT2D eigenvalue weighted by Gasteiger charge is 2.31. The van der Waals surface area contributed by atoms with Gasteiger partial charge in [-0.05, 0) is 24.1 Å². The highest BCUT2D eigenvalue weighted by molar-refractivity contribution is 7.89. The lowest BCUT2D eigenvalue weighted by Crippen LogP contribution is -2.24. The number of fused-ring (bicyclic) bond motifs is 1. The number of hydrogen-bond donors (Lipinski definition) is 2. The van der Waals surface area contributed by atoms with Gasteiger partial charge in [0.25, 0.3) is 0 Å². The lowest BCUT2D eigenvalue weighted by Gasteiger charge is -2.12. The van der Waals surface area contributed by atoms with Crippen molar-refractivity contribution in [2.24, 2.45) is 5.14 Å². The van der Waals surface area contributed by atoms with Gasteiger partial charge in [-0.2, -0.15) is 0 Å². The zero-order valence-electron chi connectivity index (χ0n) is 12.4. The van der Waals surface area contributed by atoms with E-state index in [1.165, 1.54) is 16.7 Å². The number of rotatable bonds is 5. The third kappa shape index (κ3) is 5.10. The summed E-state index contributed by atoms with van der Waals surface area (Å²) in [5.41, 5.74) is 1.06. The molecular formula is C12H15ClF3N3O3S2. The van der Waals surface area contributed by atoms with Crippen LogP contribution in [0.4, 0.5) is 13.2 Å². The van der Waals surface area contributed by atoms with E-state index in [9.17, 15) is 21.6 Å². The van der Waals surface area contributed by atoms with Gasteiger partial charge in [-0.1, -0.05) is 18.3 Å². The number of aryl methyl sites for hydroxylation is 2. The molecule has 3 N–H and O–H groups in total. The van der Waals surface area contributed by atoms with Crippen LogP contribution in [0.5, 0.6) is 5.75 Å². The van der Waals surface area contributed by atoms with Crippen LogP contribution >= 0.6 is 23.7 Å². The molecule has 2 rings (SSSR count). The average molecular weight is 406 g/mol. The minimum atomic E-state index is -4.80. The Morgan fingerprint density at radius 1 is 1.38 bits per heavy atom. The number of sulfonamides is 1. The summed E-state index contributed by atoms with van der Waals surface area (Å²) < 4.78 is 65.1. The van der Waals surface area contributed by atoms with Crippen LogP contribution in [-0.4, -0.2) is 25.1 Å². The number of nitrogens with zero attached hydrogens (tertiary/aromatic N) is 1. The third-order valence-electron chi connectivity index (χ3n) is 3.06. The lowest BCUT2D eigenvalue weighted by molar-refractivity contribution is -0.274. The number of nitrogens with two attached hydrogens (primary N) is 1. The molecule has 0 spiro atoms. The summed E-state index contributed by atoms with van der Waals surface area (Å²) in [7, 11) is -3.71. The number of ether oxygens (including phenoxy) is 1. The Morgan fingerprint density at radius 3 is 2.50 bits per heavy atom. The zero-order valence-corrected chi connectivity index (χ0v) is 14.8. The Balaban J connectivity index is 0.00000288. The minimum absolute atomic E-state index is 0. The molecule has 0 radical (unpaired) electrons. The van der Waals surface area contributed by atoms with Crippen molar-refractivity contribution in [3.8, 4) is 5.75 Å². The molecule has 1 heterocycles. The monoisotopic (exact) mass is 405 g/mol. The van der Waals surface area contributed by atoms with E-state index in [1.807, 2.05) is 0 Å². The van der Waals surface area contributed by atoms with Crippen molar-refractivity contribution < 1.29 is 26.3 Å². The van der Waals surface area contributed by atoms with Crippen molar-refractivity contribution in [2.45, 2.75) is 26.3 Å². The van der Waals surface area contributed by atoms with E-state index in [1.54, 1.807) is 6.92 Å². The zero-order chi connectivity index (χ0) is 17.4. The van der Waals surface area contributed by atoms with Gasteiger partial charge in [0.1, 0.15) is 5.75 Å². The van der Waals surface area contributed by atoms with Crippen LogP contribution < -0.4 is 14.7 Å². The molecule has 0 aliphatic heterocycles. The Hall–Kier alpha value is -1.30. The quantitative estimate of drug-likeness (QED) is 0.798. The van der Waals surface area contributed by atoms with E-state index in [4.69, 9.17) is 10.5 Å². The molecule has 0 saturated carbocycles. The van der Waals surface area contributed by atoms with Gasteiger partial charge in [-0.15, -0.1) is 25.6 Å². The molecule has 0 amide bonds. The highest BCUT2D eigenvalue weighted by Crippen LogP contribution is 2.31. The number of halogens is 4. The molecule has 1 aromatic carbocycles. The molecule has 0 unspecified atom stereocenters. The van der Waals surface area contributed by atoms with Crippen LogP contribution in [0.2, 0.25) is 0 Å². The first-order chi connectivity index (χ1) is 10.5. The molecule has 12 heteroatoms. The molecule has 136 valence electrons. The summed E-state index contributed by atoms with van der Waals surface area (Å²) in [5, 5.41) is 12.9. The summed E-state index contributed by atoms with van der Waals surface area (Å²) in [6.07, 6.45) is -4.40. The van der Waals surface area contributed by atoms with Crippen LogP contribution in [-0.2, 0) is 23.0 Å². The van der Waals surface area contributed by atoms with Gasteiger partial charge >= 0.3 is 6.36 Å². The SMILES string of the molecule is CCc1cc(OC(F)(F)F)cc2sc(=N)n(CCS(N)(=O)=O)c12.Cl. The van der Waals surface area contributed by atoms with Gasteiger partial charge in [0, 0.05) is 6.54 Å². The van der Waals surface area contributed by atoms with Crippen LogP contribution in [0.25, 0.3) is 10.2 Å². The van der Waals surface area contributed by atoms with E-state index in [-0.39, 0.29) is 35.3 Å². The molecule has 0 bridgehead atoms. The Labute approximate surface area is 146 Å². The van der Waals surface area contributed by atoms with Crippen LogP contribution in [0, 0.1) is 5.41 Å². The molecule has 1 aromatic heterocycles. The number of benzene rings is 1. The minimum Gasteiger partial charge on any atom is -0.406 e. The van der Waals surface area contributed by atoms with Crippen molar-refractivity contribution in [1.82, 2.24) is 4.57 Å². The number of aromatic nitrogens is 1. The van der Waals surface area contributed by atoms with E-state index in [0.29, 0.717) is 22.2 Å². The molecule has 6 nitrogen and oxygen atoms in total. The van der Waals surface area contributed by atoms with E-state index in [2.05, 4.69) is 4.74 Å². The van der Waals surface area contributed by atoms with Gasteiger partial charge in [0.2, 0.25) is 10.0 Å². The molecule has 0 aliphatic carbocycles. The second kappa shape index (κ2) is 7.30. The predicted octanol–water partition coefficient (Wildman–Crippen LogP) is 2.35. The van der Waals surface area contributed by atoms with Gasteiger partial charge in [0.05, 0.1) is 16.0 Å². The first kappa shape index (κ1) is 20.7. The number of primary sulfonamides is 1. The molecule has 0 fully saturated rings. The smallest absolute Gasteiger partial charge is 0.406 e. The normalized spacial score (nSPS) is 12.2. The second-order valence-corrected chi connectivity index (χ2v) is 7.52. The van der Waals surface area contributed by atoms with Gasteiger partial charge in [-0.25, -0.2) is 13.6 Å². The number of hydrogen-bond acceptors (Lipinski definition) is 5. The maximum absolute atomic E-state index is 12.4. The molecule has 2 aromatic rings. The van der Waals surface area contributed by atoms with Gasteiger partial charge in [-0.3, -0.25) is 5.41 Å². The highest BCUT2D eigenvalue weighted by atomic mass is 35.5. The predicted molar refractivity (Wildman–Crippen MR) is 87.0 cm³/mol. The molecule has 0 atom stereocenters. The Morgan fingerprint density at radius 2 is 2.00 bits per heavy atom. The fraction of sp³-hybridized carbons (Fsp3) is 0.417. The summed E-state index contributed by atoms with van der Waals surface area (Å²) >= 11 is 0.946. The molecule has 0 aliphatic rings. The average Bonchev–Trinajstić information content (AvgIpc) is 2.68. The Bertz CT molecular complexity index is 891. The largest absolute Gasteiger partial charge is 0.573 e. The fourth-order valence-corrected chi connectivity index (χ4v) is 3.63. The number of thiazole rings is 1. The van der Waals surface area contributed by atoms with E-state index < -0.39 is 16.4 Å². The van der Waals surface area contributed by atoms with Crippen molar-refractivity contribution in [1.29, 1.82) is 5.41 Å². The number of nitrogens with one attached hydrogen (secondary N) is 1. The van der Waals surface area contributed by atoms with Gasteiger partial charge < -0.3 is 9.30 Å². The summed E-state index contributed by atoms with van der Waals surface area (Å²) in [6.45, 7) is 1.71. The lowest BCUT2D eigenvalue weighted by atomic mass is 10.1. The van der Waals surface area contributed by atoms with E-state index in [0.717, 1.165) is 11.3 Å². The van der Waals surface area contributed by atoms with Crippen molar-refractivity contribution in [2.75, 3.05) is 5.75 Å².